The van der Waals surface area contributed by atoms with Crippen LogP contribution in [-0.2, 0) is 6.42 Å². The Morgan fingerprint density at radius 1 is 1.33 bits per heavy atom. The molecule has 2 heteroatoms. The van der Waals surface area contributed by atoms with Gasteiger partial charge < -0.3 is 4.57 Å². The van der Waals surface area contributed by atoms with Crippen LogP contribution in [0.1, 0.15) is 35.4 Å². The SMILES string of the molecule is C(=Cn1ccnc1)c1cccc2c1CCC1CC21. The van der Waals surface area contributed by atoms with E-state index in [1.807, 2.05) is 17.1 Å². The minimum absolute atomic E-state index is 0.871. The fourth-order valence-electron chi connectivity index (χ4n) is 3.22. The Balaban J connectivity index is 1.71. The summed E-state index contributed by atoms with van der Waals surface area (Å²) in [6.45, 7) is 0. The van der Waals surface area contributed by atoms with Crippen molar-refractivity contribution in [1.82, 2.24) is 9.55 Å². The van der Waals surface area contributed by atoms with Crippen LogP contribution in [-0.4, -0.2) is 9.55 Å². The summed E-state index contributed by atoms with van der Waals surface area (Å²) in [5.74, 6) is 1.86. The molecule has 0 bridgehead atoms. The maximum atomic E-state index is 4.05. The summed E-state index contributed by atoms with van der Waals surface area (Å²) >= 11 is 0. The zero-order valence-electron chi connectivity index (χ0n) is 10.3. The summed E-state index contributed by atoms with van der Waals surface area (Å²) in [7, 11) is 0. The molecule has 2 nitrogen and oxygen atoms in total. The number of hydrogen-bond donors (Lipinski definition) is 0. The highest BCUT2D eigenvalue weighted by molar-refractivity contribution is 5.65. The van der Waals surface area contributed by atoms with Crippen LogP contribution in [0.3, 0.4) is 0 Å². The number of aromatic nitrogens is 2. The first kappa shape index (κ1) is 10.1. The summed E-state index contributed by atoms with van der Waals surface area (Å²) in [6.07, 6.45) is 13.9. The average Bonchev–Trinajstić information content (AvgIpc) is 3.03. The van der Waals surface area contributed by atoms with E-state index >= 15 is 0 Å². The van der Waals surface area contributed by atoms with Crippen LogP contribution in [0.5, 0.6) is 0 Å². The minimum atomic E-state index is 0.871. The van der Waals surface area contributed by atoms with E-state index in [-0.39, 0.29) is 0 Å². The Hall–Kier alpha value is -1.83. The van der Waals surface area contributed by atoms with Crippen LogP contribution in [0, 0.1) is 5.92 Å². The molecule has 0 saturated heterocycles. The van der Waals surface area contributed by atoms with Crippen LogP contribution in [0.15, 0.2) is 36.9 Å². The molecule has 0 radical (unpaired) electrons. The molecular formula is C16H16N2. The van der Waals surface area contributed by atoms with Gasteiger partial charge in [0, 0.05) is 18.6 Å². The van der Waals surface area contributed by atoms with Gasteiger partial charge in [0.25, 0.3) is 0 Å². The van der Waals surface area contributed by atoms with Crippen molar-refractivity contribution >= 4 is 12.3 Å². The molecule has 1 heterocycles. The van der Waals surface area contributed by atoms with E-state index < -0.39 is 0 Å². The van der Waals surface area contributed by atoms with E-state index in [1.54, 1.807) is 17.3 Å². The molecule has 1 aromatic heterocycles. The molecule has 1 aromatic carbocycles. The van der Waals surface area contributed by atoms with Gasteiger partial charge >= 0.3 is 0 Å². The number of imidazole rings is 1. The minimum Gasteiger partial charge on any atom is -0.313 e. The Labute approximate surface area is 107 Å². The third kappa shape index (κ3) is 1.60. The third-order valence-electron chi connectivity index (χ3n) is 4.29. The topological polar surface area (TPSA) is 17.8 Å². The molecule has 2 aromatic rings. The van der Waals surface area contributed by atoms with Gasteiger partial charge in [0.15, 0.2) is 0 Å². The lowest BCUT2D eigenvalue weighted by Crippen LogP contribution is -2.03. The number of fused-ring (bicyclic) bond motifs is 3. The van der Waals surface area contributed by atoms with Gasteiger partial charge in [-0.3, -0.25) is 0 Å². The van der Waals surface area contributed by atoms with Crippen LogP contribution in [0.4, 0.5) is 0 Å². The smallest absolute Gasteiger partial charge is 0.0986 e. The molecule has 2 aliphatic rings. The van der Waals surface area contributed by atoms with E-state index in [2.05, 4.69) is 35.5 Å². The quantitative estimate of drug-likeness (QED) is 0.779. The van der Waals surface area contributed by atoms with Gasteiger partial charge in [-0.2, -0.15) is 0 Å². The molecule has 2 atom stereocenters. The lowest BCUT2D eigenvalue weighted by Gasteiger charge is -2.17. The van der Waals surface area contributed by atoms with E-state index in [0.717, 1.165) is 11.8 Å². The first-order chi connectivity index (χ1) is 8.92. The molecular weight excluding hydrogens is 220 g/mol. The van der Waals surface area contributed by atoms with Crippen LogP contribution < -0.4 is 0 Å². The highest BCUT2D eigenvalue weighted by Crippen LogP contribution is 2.54. The largest absolute Gasteiger partial charge is 0.313 e. The highest BCUT2D eigenvalue weighted by atomic mass is 15.0. The zero-order valence-corrected chi connectivity index (χ0v) is 10.3. The van der Waals surface area contributed by atoms with Crippen molar-refractivity contribution in [3.63, 3.8) is 0 Å². The summed E-state index contributed by atoms with van der Waals surface area (Å²) < 4.78 is 1.99. The first-order valence-corrected chi connectivity index (χ1v) is 6.69. The van der Waals surface area contributed by atoms with E-state index in [4.69, 9.17) is 0 Å². The van der Waals surface area contributed by atoms with Gasteiger partial charge in [0.2, 0.25) is 0 Å². The molecule has 90 valence electrons. The van der Waals surface area contributed by atoms with Gasteiger partial charge in [-0.05, 0) is 53.9 Å². The number of hydrogen-bond acceptors (Lipinski definition) is 1. The van der Waals surface area contributed by atoms with Gasteiger partial charge in [-0.15, -0.1) is 0 Å². The van der Waals surface area contributed by atoms with Crippen molar-refractivity contribution in [1.29, 1.82) is 0 Å². The lowest BCUT2D eigenvalue weighted by molar-refractivity contribution is 0.666. The van der Waals surface area contributed by atoms with E-state index in [1.165, 1.54) is 24.8 Å². The third-order valence-corrected chi connectivity index (χ3v) is 4.29. The molecule has 0 N–H and O–H groups in total. The van der Waals surface area contributed by atoms with Gasteiger partial charge in [-0.1, -0.05) is 18.2 Å². The highest BCUT2D eigenvalue weighted by Gasteiger charge is 2.42. The Bertz CT molecular complexity index is 596. The Morgan fingerprint density at radius 3 is 3.22 bits per heavy atom. The summed E-state index contributed by atoms with van der Waals surface area (Å²) in [4.78, 5) is 4.05. The average molecular weight is 236 g/mol. The van der Waals surface area contributed by atoms with Crippen LogP contribution >= 0.6 is 0 Å². The summed E-state index contributed by atoms with van der Waals surface area (Å²) in [5.41, 5.74) is 4.57. The van der Waals surface area contributed by atoms with E-state index in [9.17, 15) is 0 Å². The van der Waals surface area contributed by atoms with Gasteiger partial charge in [-0.25, -0.2) is 4.98 Å². The van der Waals surface area contributed by atoms with Crippen LogP contribution in [0.2, 0.25) is 0 Å². The normalized spacial score (nSPS) is 24.9. The maximum Gasteiger partial charge on any atom is 0.0986 e. The number of nitrogens with zero attached hydrogens (tertiary/aromatic N) is 2. The summed E-state index contributed by atoms with van der Waals surface area (Å²) in [5, 5.41) is 0. The van der Waals surface area contributed by atoms with Gasteiger partial charge in [0.1, 0.15) is 0 Å². The standard InChI is InChI=1S/C16H16N2/c1-2-12(6-8-18-9-7-17-11-18)14-5-4-13-10-16(13)15(14)3-1/h1-3,6-9,11,13,16H,4-5,10H2. The molecule has 0 aliphatic heterocycles. The summed E-state index contributed by atoms with van der Waals surface area (Å²) in [6, 6.07) is 6.76. The monoisotopic (exact) mass is 236 g/mol. The zero-order chi connectivity index (χ0) is 11.9. The van der Waals surface area contributed by atoms with Gasteiger partial charge in [0.05, 0.1) is 6.33 Å². The van der Waals surface area contributed by atoms with Crippen molar-refractivity contribution in [3.8, 4) is 0 Å². The van der Waals surface area contributed by atoms with Crippen LogP contribution in [0.25, 0.3) is 12.3 Å². The molecule has 2 unspecified atom stereocenters. The first-order valence-electron chi connectivity index (χ1n) is 6.69. The Morgan fingerprint density at radius 2 is 2.33 bits per heavy atom. The van der Waals surface area contributed by atoms with Crippen molar-refractivity contribution in [2.75, 3.05) is 0 Å². The Kier molecular flexibility index (Phi) is 2.16. The fourth-order valence-corrected chi connectivity index (χ4v) is 3.22. The van der Waals surface area contributed by atoms with E-state index in [0.29, 0.717) is 0 Å². The molecule has 1 fully saturated rings. The maximum absolute atomic E-state index is 4.05. The van der Waals surface area contributed by atoms with Crippen molar-refractivity contribution in [2.24, 2.45) is 5.92 Å². The molecule has 18 heavy (non-hydrogen) atoms. The molecule has 0 spiro atoms. The number of rotatable bonds is 2. The molecule has 4 rings (SSSR count). The predicted molar refractivity (Wildman–Crippen MR) is 73.1 cm³/mol. The second-order valence-corrected chi connectivity index (χ2v) is 5.38. The predicted octanol–water partition coefficient (Wildman–Crippen LogP) is 3.56. The second kappa shape index (κ2) is 3.84. The fraction of sp³-hybridized carbons (Fsp3) is 0.312. The van der Waals surface area contributed by atoms with Crippen molar-refractivity contribution < 1.29 is 0 Å². The second-order valence-electron chi connectivity index (χ2n) is 5.38. The lowest BCUT2D eigenvalue weighted by atomic mass is 9.88. The molecule has 0 amide bonds. The van der Waals surface area contributed by atoms with Crippen molar-refractivity contribution in [2.45, 2.75) is 25.2 Å². The van der Waals surface area contributed by atoms with Crippen molar-refractivity contribution in [3.05, 3.63) is 53.6 Å². The molecule has 1 saturated carbocycles. The molecule has 2 aliphatic carbocycles. The number of benzene rings is 1.